The van der Waals surface area contributed by atoms with Gasteiger partial charge in [0, 0.05) is 17.5 Å². The second-order valence-corrected chi connectivity index (χ2v) is 6.88. The Morgan fingerprint density at radius 2 is 2.29 bits per heavy atom. The van der Waals surface area contributed by atoms with E-state index in [4.69, 9.17) is 11.6 Å². The minimum absolute atomic E-state index is 0.355. The Kier molecular flexibility index (Phi) is 4.01. The summed E-state index contributed by atoms with van der Waals surface area (Å²) in [5.41, 5.74) is 0.355. The zero-order valence-corrected chi connectivity index (χ0v) is 12.1. The van der Waals surface area contributed by atoms with Crippen molar-refractivity contribution >= 4 is 23.4 Å². The molecule has 0 spiro atoms. The zero-order chi connectivity index (χ0) is 12.5. The van der Waals surface area contributed by atoms with E-state index in [-0.39, 0.29) is 0 Å². The zero-order valence-electron chi connectivity index (χ0n) is 10.5. The Morgan fingerprint density at radius 3 is 2.94 bits per heavy atom. The lowest BCUT2D eigenvalue weighted by atomic mass is 9.87. The van der Waals surface area contributed by atoms with E-state index in [0.717, 1.165) is 10.0 Å². The van der Waals surface area contributed by atoms with Crippen LogP contribution in [0.25, 0.3) is 0 Å². The van der Waals surface area contributed by atoms with Crippen molar-refractivity contribution < 1.29 is 0 Å². The molecule has 2 unspecified atom stereocenters. The summed E-state index contributed by atoms with van der Waals surface area (Å²) in [5.74, 6) is 0. The first kappa shape index (κ1) is 13.2. The van der Waals surface area contributed by atoms with E-state index >= 15 is 0 Å². The van der Waals surface area contributed by atoms with Crippen LogP contribution in [0.1, 0.15) is 26.7 Å². The maximum atomic E-state index is 6.16. The van der Waals surface area contributed by atoms with E-state index in [1.807, 2.05) is 37.1 Å². The third kappa shape index (κ3) is 2.78. The highest BCUT2D eigenvalue weighted by atomic mass is 35.5. The van der Waals surface area contributed by atoms with Crippen molar-refractivity contribution in [1.29, 1.82) is 0 Å². The minimum Gasteiger partial charge on any atom is -0.315 e. The van der Waals surface area contributed by atoms with Crippen LogP contribution in [0.15, 0.2) is 23.4 Å². The molecule has 0 saturated heterocycles. The van der Waals surface area contributed by atoms with Crippen LogP contribution < -0.4 is 5.32 Å². The predicted octanol–water partition coefficient (Wildman–Crippen LogP) is 3.60. The number of rotatable bonds is 3. The fourth-order valence-corrected chi connectivity index (χ4v) is 4.37. The number of aromatic nitrogens is 1. The highest BCUT2D eigenvalue weighted by Crippen LogP contribution is 2.45. The van der Waals surface area contributed by atoms with Crippen molar-refractivity contribution in [3.05, 3.63) is 23.4 Å². The number of thioether (sulfide) groups is 1. The van der Waals surface area contributed by atoms with Gasteiger partial charge in [-0.1, -0.05) is 37.2 Å². The lowest BCUT2D eigenvalue weighted by Gasteiger charge is -2.30. The van der Waals surface area contributed by atoms with E-state index in [1.165, 1.54) is 12.8 Å². The van der Waals surface area contributed by atoms with E-state index in [1.54, 1.807) is 0 Å². The Bertz CT molecular complexity index is 395. The van der Waals surface area contributed by atoms with Gasteiger partial charge in [0.1, 0.15) is 5.03 Å². The molecule has 2 rings (SSSR count). The summed E-state index contributed by atoms with van der Waals surface area (Å²) < 4.78 is 0. The molecule has 0 aromatic carbocycles. The second-order valence-electron chi connectivity index (χ2n) is 5.24. The lowest BCUT2D eigenvalue weighted by molar-refractivity contribution is 0.300. The topological polar surface area (TPSA) is 24.9 Å². The molecule has 1 aromatic rings. The average molecular weight is 271 g/mol. The van der Waals surface area contributed by atoms with Crippen LogP contribution >= 0.6 is 23.4 Å². The van der Waals surface area contributed by atoms with E-state index in [2.05, 4.69) is 24.1 Å². The first-order chi connectivity index (χ1) is 8.04. The molecule has 1 aliphatic carbocycles. The number of halogens is 1. The molecule has 1 heterocycles. The molecule has 4 heteroatoms. The molecular formula is C13H19ClN2S. The molecule has 1 aliphatic rings. The molecule has 0 amide bonds. The smallest absolute Gasteiger partial charge is 0.115 e. The fourth-order valence-electron chi connectivity index (χ4n) is 2.64. The Balaban J connectivity index is 2.12. The molecule has 1 aromatic heterocycles. The van der Waals surface area contributed by atoms with Gasteiger partial charge in [0.25, 0.3) is 0 Å². The number of nitrogens with zero attached hydrogens (tertiary/aromatic N) is 1. The van der Waals surface area contributed by atoms with Crippen molar-refractivity contribution in [2.75, 3.05) is 7.05 Å². The molecule has 0 radical (unpaired) electrons. The molecule has 2 atom stereocenters. The standard InChI is InChI=1S/C13H19ClN2S/c1-13(2)7-6-10(11(13)15-3)17-12-9(14)5-4-8-16-12/h4-5,8,10-11,15H,6-7H2,1-3H3. The summed E-state index contributed by atoms with van der Waals surface area (Å²) in [7, 11) is 2.05. The van der Waals surface area contributed by atoms with Crippen LogP contribution in [0.5, 0.6) is 0 Å². The van der Waals surface area contributed by atoms with E-state index in [9.17, 15) is 0 Å². The van der Waals surface area contributed by atoms with Gasteiger partial charge < -0.3 is 5.32 Å². The van der Waals surface area contributed by atoms with Crippen molar-refractivity contribution in [3.8, 4) is 0 Å². The molecule has 1 fully saturated rings. The molecule has 0 bridgehead atoms. The van der Waals surface area contributed by atoms with Gasteiger partial charge in [0.2, 0.25) is 0 Å². The van der Waals surface area contributed by atoms with E-state index in [0.29, 0.717) is 16.7 Å². The summed E-state index contributed by atoms with van der Waals surface area (Å²) in [6, 6.07) is 4.30. The van der Waals surface area contributed by atoms with Gasteiger partial charge in [-0.3, -0.25) is 0 Å². The van der Waals surface area contributed by atoms with Gasteiger partial charge in [0.15, 0.2) is 0 Å². The molecule has 1 saturated carbocycles. The van der Waals surface area contributed by atoms with Crippen molar-refractivity contribution in [3.63, 3.8) is 0 Å². The Labute approximate surface area is 113 Å². The fraction of sp³-hybridized carbons (Fsp3) is 0.615. The van der Waals surface area contributed by atoms with Crippen LogP contribution in [0.3, 0.4) is 0 Å². The summed E-state index contributed by atoms with van der Waals surface area (Å²) in [6.45, 7) is 4.66. The summed E-state index contributed by atoms with van der Waals surface area (Å²) >= 11 is 7.97. The average Bonchev–Trinajstić information content (AvgIpc) is 2.57. The van der Waals surface area contributed by atoms with Crippen molar-refractivity contribution in [2.45, 2.75) is 43.0 Å². The number of pyridine rings is 1. The lowest BCUT2D eigenvalue weighted by Crippen LogP contribution is -2.41. The van der Waals surface area contributed by atoms with Crippen molar-refractivity contribution in [1.82, 2.24) is 10.3 Å². The number of hydrogen-bond acceptors (Lipinski definition) is 3. The van der Waals surface area contributed by atoms with Crippen LogP contribution in [0.4, 0.5) is 0 Å². The van der Waals surface area contributed by atoms with Crippen LogP contribution in [0, 0.1) is 5.41 Å². The van der Waals surface area contributed by atoms with Crippen LogP contribution in [-0.4, -0.2) is 23.3 Å². The molecular weight excluding hydrogens is 252 g/mol. The molecule has 17 heavy (non-hydrogen) atoms. The Morgan fingerprint density at radius 1 is 1.53 bits per heavy atom. The molecule has 0 aliphatic heterocycles. The summed E-state index contributed by atoms with van der Waals surface area (Å²) in [5, 5.41) is 5.73. The molecule has 94 valence electrons. The second kappa shape index (κ2) is 5.17. The summed E-state index contributed by atoms with van der Waals surface area (Å²) in [4.78, 5) is 4.36. The van der Waals surface area contributed by atoms with Gasteiger partial charge in [-0.2, -0.15) is 0 Å². The predicted molar refractivity (Wildman–Crippen MR) is 74.8 cm³/mol. The third-order valence-corrected chi connectivity index (χ3v) is 5.36. The maximum Gasteiger partial charge on any atom is 0.115 e. The van der Waals surface area contributed by atoms with Gasteiger partial charge >= 0.3 is 0 Å². The van der Waals surface area contributed by atoms with Gasteiger partial charge in [-0.15, -0.1) is 0 Å². The van der Waals surface area contributed by atoms with Gasteiger partial charge in [-0.05, 0) is 37.4 Å². The summed E-state index contributed by atoms with van der Waals surface area (Å²) in [6.07, 6.45) is 4.28. The SMILES string of the molecule is CNC1C(Sc2ncccc2Cl)CCC1(C)C. The van der Waals surface area contributed by atoms with E-state index < -0.39 is 0 Å². The number of hydrogen-bond donors (Lipinski definition) is 1. The molecule has 2 nitrogen and oxygen atoms in total. The quantitative estimate of drug-likeness (QED) is 0.908. The normalized spacial score (nSPS) is 27.3. The minimum atomic E-state index is 0.355. The highest BCUT2D eigenvalue weighted by Gasteiger charge is 2.41. The van der Waals surface area contributed by atoms with Crippen LogP contribution in [0.2, 0.25) is 5.02 Å². The Hall–Kier alpha value is -0.250. The van der Waals surface area contributed by atoms with Gasteiger partial charge in [0.05, 0.1) is 5.02 Å². The van der Waals surface area contributed by atoms with Crippen molar-refractivity contribution in [2.24, 2.45) is 5.41 Å². The van der Waals surface area contributed by atoms with Gasteiger partial charge in [-0.25, -0.2) is 4.98 Å². The monoisotopic (exact) mass is 270 g/mol. The van der Waals surface area contributed by atoms with Crippen LogP contribution in [-0.2, 0) is 0 Å². The highest BCUT2D eigenvalue weighted by molar-refractivity contribution is 8.00. The number of nitrogens with one attached hydrogen (secondary N) is 1. The maximum absolute atomic E-state index is 6.16. The third-order valence-electron chi connectivity index (χ3n) is 3.59. The first-order valence-electron chi connectivity index (χ1n) is 5.99. The largest absolute Gasteiger partial charge is 0.315 e. The first-order valence-corrected chi connectivity index (χ1v) is 7.25. The molecule has 1 N–H and O–H groups in total.